The highest BCUT2D eigenvalue weighted by atomic mass is 32.2. The van der Waals surface area contributed by atoms with E-state index in [9.17, 15) is 8.42 Å². The topological polar surface area (TPSA) is 49.7 Å². The molecule has 4 nitrogen and oxygen atoms in total. The molecule has 0 aromatic heterocycles. The van der Waals surface area contributed by atoms with Crippen LogP contribution in [0.4, 0.5) is 0 Å². The summed E-state index contributed by atoms with van der Waals surface area (Å²) in [5.74, 6) is 1.22. The maximum Gasteiger partial charge on any atom is 0.285 e. The van der Waals surface area contributed by atoms with E-state index < -0.39 is 10.0 Å². The molecule has 0 saturated carbocycles. The summed E-state index contributed by atoms with van der Waals surface area (Å²) >= 11 is 0. The zero-order valence-electron chi connectivity index (χ0n) is 13.3. The van der Waals surface area contributed by atoms with Crippen molar-refractivity contribution < 1.29 is 8.42 Å². The first-order valence-electron chi connectivity index (χ1n) is 7.76. The van der Waals surface area contributed by atoms with Crippen molar-refractivity contribution in [1.29, 1.82) is 0 Å². The van der Waals surface area contributed by atoms with Gasteiger partial charge in [-0.25, -0.2) is 0 Å². The van der Waals surface area contributed by atoms with E-state index in [0.717, 1.165) is 36.2 Å². The monoisotopic (exact) mass is 318 g/mol. The lowest BCUT2D eigenvalue weighted by Crippen LogP contribution is -2.39. The Morgan fingerprint density at radius 3 is 2.50 bits per heavy atom. The number of likely N-dealkylation sites (tertiary alicyclic amines) is 1. The van der Waals surface area contributed by atoms with Crippen LogP contribution in [0.25, 0.3) is 4.91 Å². The summed E-state index contributed by atoms with van der Waals surface area (Å²) in [6.45, 7) is 7.84. The van der Waals surface area contributed by atoms with Crippen molar-refractivity contribution in [3.63, 3.8) is 0 Å². The van der Waals surface area contributed by atoms with E-state index in [1.165, 1.54) is 6.42 Å². The summed E-state index contributed by atoms with van der Waals surface area (Å²) in [5, 5.41) is 0. The van der Waals surface area contributed by atoms with Crippen LogP contribution in [0.15, 0.2) is 34.2 Å². The normalized spacial score (nSPS) is 24.6. The molecule has 3 rings (SSSR count). The molecule has 1 saturated heterocycles. The molecule has 2 aliphatic rings. The molecule has 2 heterocycles. The highest BCUT2D eigenvalue weighted by Gasteiger charge is 2.34. The van der Waals surface area contributed by atoms with E-state index >= 15 is 0 Å². The molecular formula is C17H22N2O2S. The fraction of sp³-hybridized carbons (Fsp3) is 0.471. The van der Waals surface area contributed by atoms with Gasteiger partial charge in [0.25, 0.3) is 10.0 Å². The molecule has 2 aliphatic heterocycles. The summed E-state index contributed by atoms with van der Waals surface area (Å²) in [6.07, 6.45) is 2.29. The number of hydrogen-bond donors (Lipinski definition) is 0. The smallest absolute Gasteiger partial charge is 0.285 e. The molecule has 0 spiro atoms. The Labute approximate surface area is 132 Å². The van der Waals surface area contributed by atoms with Gasteiger partial charge in [-0.05, 0) is 38.2 Å². The lowest BCUT2D eigenvalue weighted by atomic mass is 9.99. The number of nitrogens with zero attached hydrogens (tertiary/aromatic N) is 2. The summed E-state index contributed by atoms with van der Waals surface area (Å²) in [6, 6.07) is 7.60. The molecule has 1 fully saturated rings. The van der Waals surface area contributed by atoms with Crippen molar-refractivity contribution in [2.75, 3.05) is 13.1 Å². The first-order valence-corrected chi connectivity index (χ1v) is 9.20. The Bertz CT molecular complexity index is 745. The third-order valence-electron chi connectivity index (χ3n) is 4.41. The molecule has 1 aromatic carbocycles. The zero-order chi connectivity index (χ0) is 15.9. The molecular weight excluding hydrogens is 296 g/mol. The summed E-state index contributed by atoms with van der Waals surface area (Å²) in [7, 11) is -3.59. The van der Waals surface area contributed by atoms with Crippen molar-refractivity contribution >= 4 is 20.8 Å². The van der Waals surface area contributed by atoms with Gasteiger partial charge in [0.05, 0.1) is 0 Å². The van der Waals surface area contributed by atoms with Crippen molar-refractivity contribution in [1.82, 2.24) is 4.90 Å². The van der Waals surface area contributed by atoms with Crippen molar-refractivity contribution in [2.45, 2.75) is 33.6 Å². The molecule has 1 atom stereocenters. The number of rotatable bonds is 1. The van der Waals surface area contributed by atoms with Gasteiger partial charge in [0, 0.05) is 18.7 Å². The second-order valence-electron chi connectivity index (χ2n) is 6.40. The molecule has 5 heteroatoms. The van der Waals surface area contributed by atoms with Crippen LogP contribution in [0.5, 0.6) is 0 Å². The number of amidine groups is 1. The quantitative estimate of drug-likeness (QED) is 0.799. The molecule has 0 bridgehead atoms. The number of piperidine rings is 1. The minimum atomic E-state index is -3.59. The Morgan fingerprint density at radius 2 is 1.86 bits per heavy atom. The van der Waals surface area contributed by atoms with E-state index in [0.29, 0.717) is 16.7 Å². The summed E-state index contributed by atoms with van der Waals surface area (Å²) < 4.78 is 29.1. The number of hydrogen-bond acceptors (Lipinski definition) is 3. The largest absolute Gasteiger partial charge is 0.355 e. The molecule has 0 unspecified atom stereocenters. The Kier molecular flexibility index (Phi) is 3.85. The Balaban J connectivity index is 2.02. The third-order valence-corrected chi connectivity index (χ3v) is 5.88. The van der Waals surface area contributed by atoms with E-state index in [-0.39, 0.29) is 0 Å². The number of aryl methyl sites for hydroxylation is 1. The van der Waals surface area contributed by atoms with E-state index in [4.69, 9.17) is 0 Å². The predicted octanol–water partition coefficient (Wildman–Crippen LogP) is 3.20. The van der Waals surface area contributed by atoms with Crippen molar-refractivity contribution in [3.8, 4) is 0 Å². The number of sulfonamides is 1. The third kappa shape index (κ3) is 2.70. The van der Waals surface area contributed by atoms with Gasteiger partial charge in [-0.1, -0.05) is 36.8 Å². The first-order chi connectivity index (χ1) is 10.4. The van der Waals surface area contributed by atoms with Crippen LogP contribution in [0.1, 0.15) is 37.8 Å². The van der Waals surface area contributed by atoms with Gasteiger partial charge in [0.1, 0.15) is 10.7 Å². The average molecular weight is 318 g/mol. The zero-order valence-corrected chi connectivity index (χ0v) is 14.2. The fourth-order valence-electron chi connectivity index (χ4n) is 3.27. The van der Waals surface area contributed by atoms with Gasteiger partial charge in [0.15, 0.2) is 0 Å². The molecule has 0 radical (unpaired) electrons. The van der Waals surface area contributed by atoms with E-state index in [1.54, 1.807) is 0 Å². The molecule has 1 aromatic rings. The van der Waals surface area contributed by atoms with Crippen LogP contribution in [0.3, 0.4) is 0 Å². The van der Waals surface area contributed by atoms with Crippen LogP contribution in [0, 0.1) is 12.8 Å². The van der Waals surface area contributed by atoms with Gasteiger partial charge in [-0.15, -0.1) is 4.40 Å². The first kappa shape index (κ1) is 15.3. The maximum atomic E-state index is 12.5. The second-order valence-corrected chi connectivity index (χ2v) is 7.94. The van der Waals surface area contributed by atoms with Gasteiger partial charge < -0.3 is 4.90 Å². The Hall–Kier alpha value is -1.62. The molecule has 0 N–H and O–H groups in total. The minimum absolute atomic E-state index is 0.362. The average Bonchev–Trinajstić information content (AvgIpc) is 2.70. The van der Waals surface area contributed by atoms with Crippen LogP contribution in [0.2, 0.25) is 0 Å². The molecule has 0 amide bonds. The van der Waals surface area contributed by atoms with Gasteiger partial charge in [0.2, 0.25) is 0 Å². The lowest BCUT2D eigenvalue weighted by molar-refractivity contribution is 0.274. The van der Waals surface area contributed by atoms with E-state index in [2.05, 4.69) is 16.2 Å². The highest BCUT2D eigenvalue weighted by molar-refractivity contribution is 8.00. The van der Waals surface area contributed by atoms with Crippen LogP contribution < -0.4 is 0 Å². The van der Waals surface area contributed by atoms with Gasteiger partial charge >= 0.3 is 0 Å². The number of benzene rings is 1. The standard InChI is InChI=1S/C17H22N2O2S/c1-12-6-8-15(9-7-12)16-14(3)17(18-22(16,20)21)19-10-4-5-13(2)11-19/h6-9,13H,4-5,10-11H2,1-3H3/t13-/m0/s1. The highest BCUT2D eigenvalue weighted by Crippen LogP contribution is 2.34. The van der Waals surface area contributed by atoms with Gasteiger partial charge in [-0.2, -0.15) is 8.42 Å². The second kappa shape index (κ2) is 5.54. The minimum Gasteiger partial charge on any atom is -0.355 e. The van der Waals surface area contributed by atoms with Crippen molar-refractivity contribution in [2.24, 2.45) is 10.3 Å². The lowest BCUT2D eigenvalue weighted by Gasteiger charge is -2.32. The fourth-order valence-corrected chi connectivity index (χ4v) is 4.75. The van der Waals surface area contributed by atoms with Crippen LogP contribution in [-0.4, -0.2) is 32.2 Å². The van der Waals surface area contributed by atoms with Crippen LogP contribution in [-0.2, 0) is 10.0 Å². The predicted molar refractivity (Wildman–Crippen MR) is 90.1 cm³/mol. The maximum absolute atomic E-state index is 12.5. The molecule has 118 valence electrons. The van der Waals surface area contributed by atoms with Gasteiger partial charge in [-0.3, -0.25) is 0 Å². The van der Waals surface area contributed by atoms with E-state index in [1.807, 2.05) is 38.1 Å². The molecule has 22 heavy (non-hydrogen) atoms. The van der Waals surface area contributed by atoms with Crippen molar-refractivity contribution in [3.05, 3.63) is 41.0 Å². The summed E-state index contributed by atoms with van der Waals surface area (Å²) in [5.41, 5.74) is 2.62. The Morgan fingerprint density at radius 1 is 1.18 bits per heavy atom. The molecule has 0 aliphatic carbocycles. The van der Waals surface area contributed by atoms with Crippen LogP contribution >= 0.6 is 0 Å². The SMILES string of the molecule is CC1=C(c2ccc(C)cc2)S(=O)(=O)N=C1N1CCC[C@H](C)C1. The summed E-state index contributed by atoms with van der Waals surface area (Å²) in [4.78, 5) is 2.49.